The predicted molar refractivity (Wildman–Crippen MR) is 80.2 cm³/mol. The van der Waals surface area contributed by atoms with E-state index in [0.717, 1.165) is 5.69 Å². The van der Waals surface area contributed by atoms with Crippen LogP contribution in [0.4, 0.5) is 0 Å². The maximum absolute atomic E-state index is 12.5. The van der Waals surface area contributed by atoms with Crippen LogP contribution < -0.4 is 5.43 Å². The van der Waals surface area contributed by atoms with Gasteiger partial charge in [-0.3, -0.25) is 9.59 Å². The molecule has 2 aromatic rings. The van der Waals surface area contributed by atoms with Crippen LogP contribution >= 0.6 is 0 Å². The van der Waals surface area contributed by atoms with E-state index >= 15 is 0 Å². The highest BCUT2D eigenvalue weighted by atomic mass is 16.1. The number of carbonyl (C=O) groups is 1. The number of aryl methyl sites for hydroxylation is 2. The van der Waals surface area contributed by atoms with Crippen molar-refractivity contribution in [2.75, 3.05) is 0 Å². The summed E-state index contributed by atoms with van der Waals surface area (Å²) in [6, 6.07) is 3.56. The average molecular weight is 272 g/mol. The third kappa shape index (κ3) is 2.38. The quantitative estimate of drug-likeness (QED) is 0.790. The van der Waals surface area contributed by atoms with E-state index in [1.807, 2.05) is 39.2 Å². The van der Waals surface area contributed by atoms with Gasteiger partial charge in [0, 0.05) is 23.9 Å². The summed E-state index contributed by atoms with van der Waals surface area (Å²) in [4.78, 5) is 29.4. The van der Waals surface area contributed by atoms with Gasteiger partial charge in [-0.1, -0.05) is 20.8 Å². The van der Waals surface area contributed by atoms with E-state index in [-0.39, 0.29) is 16.8 Å². The Balaban J connectivity index is 2.83. The van der Waals surface area contributed by atoms with Gasteiger partial charge < -0.3 is 4.57 Å². The number of aromatic nitrogens is 2. The normalized spacial score (nSPS) is 11.8. The highest BCUT2D eigenvalue weighted by Crippen LogP contribution is 2.20. The molecule has 2 rings (SSSR count). The topological polar surface area (TPSA) is 52.0 Å². The van der Waals surface area contributed by atoms with Crippen LogP contribution in [0, 0.1) is 12.3 Å². The molecule has 0 aliphatic carbocycles. The first kappa shape index (κ1) is 14.4. The minimum absolute atomic E-state index is 0.132. The molecule has 20 heavy (non-hydrogen) atoms. The van der Waals surface area contributed by atoms with E-state index in [9.17, 15) is 9.59 Å². The van der Waals surface area contributed by atoms with E-state index in [2.05, 4.69) is 4.98 Å². The molecule has 0 unspecified atom stereocenters. The van der Waals surface area contributed by atoms with E-state index in [0.29, 0.717) is 17.6 Å². The van der Waals surface area contributed by atoms with E-state index in [4.69, 9.17) is 0 Å². The smallest absolute Gasteiger partial charge is 0.201 e. The van der Waals surface area contributed by atoms with E-state index in [1.165, 1.54) is 0 Å². The molecule has 0 atom stereocenters. The van der Waals surface area contributed by atoms with Gasteiger partial charge in [-0.15, -0.1) is 0 Å². The predicted octanol–water partition coefficient (Wildman–Crippen LogP) is 2.95. The molecule has 4 nitrogen and oxygen atoms in total. The van der Waals surface area contributed by atoms with Gasteiger partial charge in [0.2, 0.25) is 5.43 Å². The van der Waals surface area contributed by atoms with Crippen LogP contribution in [0.3, 0.4) is 0 Å². The van der Waals surface area contributed by atoms with Crippen LogP contribution in [-0.4, -0.2) is 15.3 Å². The summed E-state index contributed by atoms with van der Waals surface area (Å²) in [6.45, 7) is 9.99. The molecule has 0 saturated carbocycles. The van der Waals surface area contributed by atoms with Crippen molar-refractivity contribution in [3.8, 4) is 0 Å². The summed E-state index contributed by atoms with van der Waals surface area (Å²) >= 11 is 0. The van der Waals surface area contributed by atoms with Gasteiger partial charge in [-0.05, 0) is 26.0 Å². The molecular weight excluding hydrogens is 252 g/mol. The summed E-state index contributed by atoms with van der Waals surface area (Å²) in [6.07, 6.45) is 1.64. The molecule has 0 spiro atoms. The molecule has 0 N–H and O–H groups in total. The van der Waals surface area contributed by atoms with E-state index < -0.39 is 5.41 Å². The van der Waals surface area contributed by atoms with Crippen LogP contribution in [0.15, 0.2) is 23.1 Å². The monoisotopic (exact) mass is 272 g/mol. The van der Waals surface area contributed by atoms with Crippen LogP contribution in [0.25, 0.3) is 11.0 Å². The number of hydrogen-bond donors (Lipinski definition) is 0. The number of Topliss-reactive ketones (excluding diaryl/α,β-unsaturated/α-hetero) is 1. The number of pyridine rings is 2. The average Bonchev–Trinajstić information content (AvgIpc) is 2.37. The first-order valence-electron chi connectivity index (χ1n) is 6.81. The molecule has 106 valence electrons. The highest BCUT2D eigenvalue weighted by Gasteiger charge is 2.26. The fraction of sp³-hybridized carbons (Fsp3) is 0.438. The number of rotatable bonds is 2. The molecule has 0 aromatic carbocycles. The largest absolute Gasteiger partial charge is 0.332 e. The van der Waals surface area contributed by atoms with Gasteiger partial charge >= 0.3 is 0 Å². The molecule has 0 aliphatic rings. The summed E-state index contributed by atoms with van der Waals surface area (Å²) in [5.74, 6) is -0.132. The van der Waals surface area contributed by atoms with Gasteiger partial charge in [-0.25, -0.2) is 4.98 Å². The lowest BCUT2D eigenvalue weighted by molar-refractivity contribution is 0.0856. The maximum atomic E-state index is 12.5. The number of nitrogens with zero attached hydrogens (tertiary/aromatic N) is 2. The second-order valence-corrected chi connectivity index (χ2v) is 6.06. The molecule has 4 heteroatoms. The molecule has 0 radical (unpaired) electrons. The Hall–Kier alpha value is -1.97. The minimum atomic E-state index is -0.573. The Morgan fingerprint density at radius 2 is 1.95 bits per heavy atom. The van der Waals surface area contributed by atoms with Crippen molar-refractivity contribution in [1.29, 1.82) is 0 Å². The molecular formula is C16H20N2O2. The first-order valence-corrected chi connectivity index (χ1v) is 6.81. The molecule has 0 bridgehead atoms. The molecule has 0 fully saturated rings. The Bertz CT molecular complexity index is 736. The first-order chi connectivity index (χ1) is 9.25. The zero-order valence-electron chi connectivity index (χ0n) is 12.7. The third-order valence-corrected chi connectivity index (χ3v) is 3.33. The van der Waals surface area contributed by atoms with Crippen molar-refractivity contribution < 1.29 is 4.79 Å². The Labute approximate surface area is 118 Å². The summed E-state index contributed by atoms with van der Waals surface area (Å²) in [5, 5.41) is 0.507. The van der Waals surface area contributed by atoms with Crippen LogP contribution in [0.5, 0.6) is 0 Å². The van der Waals surface area contributed by atoms with Crippen LogP contribution in [0.2, 0.25) is 0 Å². The summed E-state index contributed by atoms with van der Waals surface area (Å²) in [7, 11) is 0. The van der Waals surface area contributed by atoms with Gasteiger partial charge in [0.15, 0.2) is 5.78 Å². The van der Waals surface area contributed by atoms with Crippen molar-refractivity contribution in [3.05, 3.63) is 39.8 Å². The van der Waals surface area contributed by atoms with Gasteiger partial charge in [0.05, 0.1) is 10.9 Å². The van der Waals surface area contributed by atoms with Crippen molar-refractivity contribution in [1.82, 2.24) is 9.55 Å². The highest BCUT2D eigenvalue weighted by molar-refractivity contribution is 6.01. The van der Waals surface area contributed by atoms with Gasteiger partial charge in [-0.2, -0.15) is 0 Å². The Morgan fingerprint density at radius 1 is 1.30 bits per heavy atom. The summed E-state index contributed by atoms with van der Waals surface area (Å²) in [5.41, 5.74) is 0.947. The second kappa shape index (κ2) is 4.85. The lowest BCUT2D eigenvalue weighted by Gasteiger charge is -2.18. The lowest BCUT2D eigenvalue weighted by Crippen LogP contribution is -2.28. The van der Waals surface area contributed by atoms with Crippen molar-refractivity contribution in [2.24, 2.45) is 5.41 Å². The third-order valence-electron chi connectivity index (χ3n) is 3.33. The minimum Gasteiger partial charge on any atom is -0.332 e. The van der Waals surface area contributed by atoms with Crippen LogP contribution in [0.1, 0.15) is 43.7 Å². The second-order valence-electron chi connectivity index (χ2n) is 6.06. The Kier molecular flexibility index (Phi) is 3.50. The molecule has 0 amide bonds. The molecule has 2 heterocycles. The molecule has 0 aliphatic heterocycles. The Morgan fingerprint density at radius 3 is 2.50 bits per heavy atom. The van der Waals surface area contributed by atoms with Crippen LogP contribution in [-0.2, 0) is 6.54 Å². The van der Waals surface area contributed by atoms with Crippen molar-refractivity contribution >= 4 is 16.8 Å². The van der Waals surface area contributed by atoms with E-state index in [1.54, 1.807) is 18.3 Å². The van der Waals surface area contributed by atoms with Gasteiger partial charge in [0.1, 0.15) is 5.65 Å². The fourth-order valence-corrected chi connectivity index (χ4v) is 2.17. The zero-order chi connectivity index (χ0) is 15.1. The molecule has 0 saturated heterocycles. The molecule has 2 aromatic heterocycles. The SMILES string of the molecule is CCn1cc(C(=O)C(C)(C)C)c(=O)c2ccc(C)nc21. The number of ketones is 1. The zero-order valence-corrected chi connectivity index (χ0v) is 12.7. The van der Waals surface area contributed by atoms with Crippen molar-refractivity contribution in [3.63, 3.8) is 0 Å². The standard InChI is InChI=1S/C16H20N2O2/c1-6-18-9-12(14(20)16(3,4)5)13(19)11-8-7-10(2)17-15(11)18/h7-9H,6H2,1-5H3. The summed E-state index contributed by atoms with van der Waals surface area (Å²) < 4.78 is 1.86. The lowest BCUT2D eigenvalue weighted by atomic mass is 9.86. The fourth-order valence-electron chi connectivity index (χ4n) is 2.17. The van der Waals surface area contributed by atoms with Crippen molar-refractivity contribution in [2.45, 2.75) is 41.2 Å². The number of fused-ring (bicyclic) bond motifs is 1. The number of hydrogen-bond acceptors (Lipinski definition) is 3. The maximum Gasteiger partial charge on any atom is 0.201 e. The number of carbonyl (C=O) groups excluding carboxylic acids is 1. The van der Waals surface area contributed by atoms with Gasteiger partial charge in [0.25, 0.3) is 0 Å².